The van der Waals surface area contributed by atoms with Crippen LogP contribution < -0.4 is 0 Å². The minimum Gasteiger partial charge on any atom is -0.244 e. The lowest BCUT2D eigenvalue weighted by Crippen LogP contribution is -2.31. The molecular formula is C34H66F2. The van der Waals surface area contributed by atoms with Crippen LogP contribution in [0, 0.1) is 34.0 Å². The van der Waals surface area contributed by atoms with Gasteiger partial charge in [-0.2, -0.15) is 0 Å². The fraction of sp³-hybridized carbons (Fsp3) is 0.941. The molecule has 2 fully saturated rings. The maximum atomic E-state index is 13.4. The van der Waals surface area contributed by atoms with Gasteiger partial charge in [0.1, 0.15) is 11.3 Å². The molecule has 3 aliphatic carbocycles. The first-order valence-electron chi connectivity index (χ1n) is 14.7. The SMILES string of the molecule is C.CC1(F)CC=C(C(C)(C)C)CC1.CC1(F)CCC(C(C)(C)C)CC1.CC1CCC(C(C)(C)C)CC1. The molecule has 0 aliphatic heterocycles. The molecule has 0 aromatic rings. The van der Waals surface area contributed by atoms with Gasteiger partial charge in [0, 0.05) is 0 Å². The van der Waals surface area contributed by atoms with Crippen LogP contribution in [0.4, 0.5) is 8.78 Å². The summed E-state index contributed by atoms with van der Waals surface area (Å²) in [6.07, 6.45) is 13.8. The normalized spacial score (nSPS) is 33.6. The second-order valence-corrected chi connectivity index (χ2v) is 16.0. The lowest BCUT2D eigenvalue weighted by atomic mass is 9.69. The van der Waals surface area contributed by atoms with E-state index in [1.54, 1.807) is 13.8 Å². The number of hydrogen-bond donors (Lipinski definition) is 0. The molecule has 0 heterocycles. The lowest BCUT2D eigenvalue weighted by Gasteiger charge is -2.38. The van der Waals surface area contributed by atoms with Gasteiger partial charge >= 0.3 is 0 Å². The summed E-state index contributed by atoms with van der Waals surface area (Å²) < 4.78 is 26.8. The third-order valence-electron chi connectivity index (χ3n) is 9.15. The average molecular weight is 513 g/mol. The molecule has 0 spiro atoms. The number of halogens is 2. The Morgan fingerprint density at radius 2 is 1.08 bits per heavy atom. The summed E-state index contributed by atoms with van der Waals surface area (Å²) in [4.78, 5) is 0. The average Bonchev–Trinajstić information content (AvgIpc) is 2.66. The maximum absolute atomic E-state index is 13.4. The molecule has 1 unspecified atom stereocenters. The van der Waals surface area contributed by atoms with Gasteiger partial charge in [-0.3, -0.25) is 0 Å². The predicted molar refractivity (Wildman–Crippen MR) is 159 cm³/mol. The van der Waals surface area contributed by atoms with Crippen molar-refractivity contribution in [2.24, 2.45) is 34.0 Å². The van der Waals surface area contributed by atoms with E-state index in [-0.39, 0.29) is 12.8 Å². The van der Waals surface area contributed by atoms with Gasteiger partial charge in [-0.05, 0) is 106 Å². The summed E-state index contributed by atoms with van der Waals surface area (Å²) in [7, 11) is 0. The smallest absolute Gasteiger partial charge is 0.112 e. The zero-order chi connectivity index (χ0) is 27.3. The third kappa shape index (κ3) is 13.4. The van der Waals surface area contributed by atoms with E-state index in [0.29, 0.717) is 23.7 Å². The first-order valence-corrected chi connectivity index (χ1v) is 14.7. The van der Waals surface area contributed by atoms with Gasteiger partial charge in [-0.25, -0.2) is 8.78 Å². The molecule has 0 nitrogen and oxygen atoms in total. The molecule has 0 aromatic heterocycles. The first-order chi connectivity index (χ1) is 15.6. The van der Waals surface area contributed by atoms with Crippen LogP contribution in [0.3, 0.4) is 0 Å². The number of hydrogen-bond acceptors (Lipinski definition) is 0. The molecule has 3 rings (SSSR count). The Balaban J connectivity index is 0.000000504. The molecule has 0 saturated heterocycles. The molecule has 216 valence electrons. The van der Waals surface area contributed by atoms with Gasteiger partial charge in [0.15, 0.2) is 0 Å². The molecule has 0 aromatic carbocycles. The van der Waals surface area contributed by atoms with E-state index in [9.17, 15) is 8.78 Å². The molecule has 0 N–H and O–H groups in total. The van der Waals surface area contributed by atoms with Crippen molar-refractivity contribution in [1.29, 1.82) is 0 Å². The van der Waals surface area contributed by atoms with Gasteiger partial charge in [0.2, 0.25) is 0 Å². The minimum absolute atomic E-state index is 0. The van der Waals surface area contributed by atoms with E-state index in [1.807, 2.05) is 0 Å². The van der Waals surface area contributed by atoms with E-state index >= 15 is 0 Å². The number of alkyl halides is 2. The molecular weight excluding hydrogens is 446 g/mol. The van der Waals surface area contributed by atoms with Crippen molar-refractivity contribution in [3.63, 3.8) is 0 Å². The Morgan fingerprint density at radius 1 is 0.667 bits per heavy atom. The highest BCUT2D eigenvalue weighted by molar-refractivity contribution is 5.16. The molecule has 0 bridgehead atoms. The number of allylic oxidation sites excluding steroid dienone is 2. The van der Waals surface area contributed by atoms with Gasteiger partial charge in [-0.15, -0.1) is 0 Å². The van der Waals surface area contributed by atoms with Crippen molar-refractivity contribution in [2.75, 3.05) is 0 Å². The van der Waals surface area contributed by atoms with E-state index in [4.69, 9.17) is 0 Å². The van der Waals surface area contributed by atoms with Crippen molar-refractivity contribution >= 4 is 0 Å². The molecule has 0 radical (unpaired) electrons. The summed E-state index contributed by atoms with van der Waals surface area (Å²) in [5.41, 5.74) is 0.751. The van der Waals surface area contributed by atoms with Gasteiger partial charge in [0.05, 0.1) is 0 Å². The fourth-order valence-corrected chi connectivity index (χ4v) is 5.83. The Hall–Kier alpha value is -0.400. The summed E-state index contributed by atoms with van der Waals surface area (Å²) in [6, 6.07) is 0. The molecule has 36 heavy (non-hydrogen) atoms. The van der Waals surface area contributed by atoms with Crippen LogP contribution in [0.5, 0.6) is 0 Å². The van der Waals surface area contributed by atoms with Crippen molar-refractivity contribution < 1.29 is 8.78 Å². The molecule has 1 atom stereocenters. The van der Waals surface area contributed by atoms with Gasteiger partial charge < -0.3 is 0 Å². The van der Waals surface area contributed by atoms with Crippen LogP contribution in [-0.4, -0.2) is 11.3 Å². The summed E-state index contributed by atoms with van der Waals surface area (Å²) in [5, 5.41) is 0. The maximum Gasteiger partial charge on any atom is 0.112 e. The van der Waals surface area contributed by atoms with Crippen molar-refractivity contribution in [1.82, 2.24) is 0 Å². The highest BCUT2D eigenvalue weighted by atomic mass is 19.1. The largest absolute Gasteiger partial charge is 0.244 e. The lowest BCUT2D eigenvalue weighted by molar-refractivity contribution is 0.0637. The molecule has 2 heteroatoms. The highest BCUT2D eigenvalue weighted by Gasteiger charge is 2.35. The monoisotopic (exact) mass is 513 g/mol. The Kier molecular flexibility index (Phi) is 13.4. The third-order valence-corrected chi connectivity index (χ3v) is 9.15. The fourth-order valence-electron chi connectivity index (χ4n) is 5.83. The topological polar surface area (TPSA) is 0 Å². The molecule has 0 amide bonds. The quantitative estimate of drug-likeness (QED) is 0.283. The van der Waals surface area contributed by atoms with Crippen LogP contribution in [-0.2, 0) is 0 Å². The second-order valence-electron chi connectivity index (χ2n) is 16.0. The molecule has 3 aliphatic rings. The Labute approximate surface area is 226 Å². The zero-order valence-corrected chi connectivity index (χ0v) is 25.8. The summed E-state index contributed by atoms with van der Waals surface area (Å²) in [6.45, 7) is 26.3. The van der Waals surface area contributed by atoms with Crippen molar-refractivity contribution in [3.05, 3.63) is 11.6 Å². The van der Waals surface area contributed by atoms with Gasteiger partial charge in [-0.1, -0.05) is 101 Å². The second kappa shape index (κ2) is 13.6. The highest BCUT2D eigenvalue weighted by Crippen LogP contribution is 2.43. The van der Waals surface area contributed by atoms with Crippen LogP contribution >= 0.6 is 0 Å². The summed E-state index contributed by atoms with van der Waals surface area (Å²) in [5.74, 6) is 2.70. The number of rotatable bonds is 0. The Morgan fingerprint density at radius 3 is 1.42 bits per heavy atom. The van der Waals surface area contributed by atoms with E-state index < -0.39 is 11.3 Å². The Bertz CT molecular complexity index is 630. The first kappa shape index (κ1) is 35.6. The van der Waals surface area contributed by atoms with E-state index in [2.05, 4.69) is 75.3 Å². The van der Waals surface area contributed by atoms with Crippen molar-refractivity contribution in [2.45, 2.75) is 172 Å². The van der Waals surface area contributed by atoms with Crippen molar-refractivity contribution in [3.8, 4) is 0 Å². The minimum atomic E-state index is -0.950. The van der Waals surface area contributed by atoms with Crippen LogP contribution in [0.2, 0.25) is 0 Å². The predicted octanol–water partition coefficient (Wildman–Crippen LogP) is 12.3. The van der Waals surface area contributed by atoms with E-state index in [0.717, 1.165) is 49.9 Å². The van der Waals surface area contributed by atoms with Crippen LogP contribution in [0.15, 0.2) is 11.6 Å². The summed E-state index contributed by atoms with van der Waals surface area (Å²) >= 11 is 0. The molecule has 2 saturated carbocycles. The standard InChI is InChI=1S/C11H21F.C11H19F.C11H22.CH4/c2*1-10(2,3)9-5-7-11(4,12)8-6-9;1-9-5-7-10(8-6-9)11(2,3)4;/h9H,5-8H2,1-4H3;5H,6-8H2,1-4H3;9-10H,5-8H2,1-4H3;1H4. The van der Waals surface area contributed by atoms with Crippen LogP contribution in [0.25, 0.3) is 0 Å². The van der Waals surface area contributed by atoms with Gasteiger partial charge in [0.25, 0.3) is 0 Å². The van der Waals surface area contributed by atoms with Crippen LogP contribution in [0.1, 0.15) is 161 Å². The zero-order valence-electron chi connectivity index (χ0n) is 25.8. The van der Waals surface area contributed by atoms with E-state index in [1.165, 1.54) is 31.3 Å².